The molecule has 5 nitrogen and oxygen atoms in total. The first-order valence-electron chi connectivity index (χ1n) is 7.05. The first kappa shape index (κ1) is 13.3. The molecular formula is C15H20N4O. The lowest BCUT2D eigenvalue weighted by Crippen LogP contribution is -2.45. The van der Waals surface area contributed by atoms with Gasteiger partial charge in [0.05, 0.1) is 11.4 Å². The fourth-order valence-electron chi connectivity index (χ4n) is 2.54. The van der Waals surface area contributed by atoms with Gasteiger partial charge in [0.2, 0.25) is 0 Å². The van der Waals surface area contributed by atoms with Gasteiger partial charge in [0.1, 0.15) is 6.26 Å². The predicted molar refractivity (Wildman–Crippen MR) is 76.0 cm³/mol. The smallest absolute Gasteiger partial charge is 0.191 e. The van der Waals surface area contributed by atoms with Crippen LogP contribution in [-0.4, -0.2) is 45.9 Å². The van der Waals surface area contributed by atoms with E-state index in [1.807, 2.05) is 25.3 Å². The van der Waals surface area contributed by atoms with Gasteiger partial charge in [-0.3, -0.25) is 14.8 Å². The van der Waals surface area contributed by atoms with Crippen molar-refractivity contribution < 1.29 is 4.42 Å². The van der Waals surface area contributed by atoms with Crippen LogP contribution in [0.25, 0.3) is 0 Å². The second-order valence-electron chi connectivity index (χ2n) is 5.23. The third kappa shape index (κ3) is 3.43. The highest BCUT2D eigenvalue weighted by Gasteiger charge is 2.18. The molecule has 0 aromatic carbocycles. The molecule has 0 spiro atoms. The van der Waals surface area contributed by atoms with Gasteiger partial charge in [-0.15, -0.1) is 0 Å². The zero-order valence-electron chi connectivity index (χ0n) is 11.8. The average Bonchev–Trinajstić information content (AvgIpc) is 2.88. The van der Waals surface area contributed by atoms with Crippen molar-refractivity contribution in [1.29, 1.82) is 0 Å². The van der Waals surface area contributed by atoms with Crippen molar-refractivity contribution in [2.75, 3.05) is 26.2 Å². The van der Waals surface area contributed by atoms with E-state index in [0.717, 1.165) is 56.5 Å². The molecular weight excluding hydrogens is 252 g/mol. The Hall–Kier alpha value is -1.72. The predicted octanol–water partition coefficient (Wildman–Crippen LogP) is 1.70. The Kier molecular flexibility index (Phi) is 4.08. The van der Waals surface area contributed by atoms with E-state index in [1.54, 1.807) is 6.26 Å². The number of hydrogen-bond acceptors (Lipinski definition) is 5. The minimum atomic E-state index is 0.744. The van der Waals surface area contributed by atoms with Crippen molar-refractivity contribution in [1.82, 2.24) is 19.8 Å². The fraction of sp³-hybridized carbons (Fsp3) is 0.467. The van der Waals surface area contributed by atoms with Crippen molar-refractivity contribution in [3.05, 3.63) is 47.9 Å². The molecule has 0 aliphatic carbocycles. The lowest BCUT2D eigenvalue weighted by molar-refractivity contribution is 0.120. The summed E-state index contributed by atoms with van der Waals surface area (Å²) in [7, 11) is 0. The Bertz CT molecular complexity index is 532. The highest BCUT2D eigenvalue weighted by atomic mass is 16.3. The molecule has 0 radical (unpaired) electrons. The minimum absolute atomic E-state index is 0.744. The molecule has 0 atom stereocenters. The van der Waals surface area contributed by atoms with E-state index in [4.69, 9.17) is 4.42 Å². The third-order valence-corrected chi connectivity index (χ3v) is 3.63. The van der Waals surface area contributed by atoms with Crippen LogP contribution in [0.5, 0.6) is 0 Å². The molecule has 5 heteroatoms. The van der Waals surface area contributed by atoms with Gasteiger partial charge in [-0.1, -0.05) is 6.07 Å². The van der Waals surface area contributed by atoms with Crippen LogP contribution in [0.2, 0.25) is 0 Å². The molecule has 0 N–H and O–H groups in total. The highest BCUT2D eigenvalue weighted by Crippen LogP contribution is 2.10. The van der Waals surface area contributed by atoms with Crippen molar-refractivity contribution in [3.63, 3.8) is 0 Å². The summed E-state index contributed by atoms with van der Waals surface area (Å²) in [5.41, 5.74) is 2.17. The molecule has 20 heavy (non-hydrogen) atoms. The summed E-state index contributed by atoms with van der Waals surface area (Å²) in [5.74, 6) is 0.744. The quantitative estimate of drug-likeness (QED) is 0.847. The minimum Gasteiger partial charge on any atom is -0.449 e. The number of oxazole rings is 1. The number of hydrogen-bond donors (Lipinski definition) is 0. The van der Waals surface area contributed by atoms with Crippen LogP contribution in [0.4, 0.5) is 0 Å². The summed E-state index contributed by atoms with van der Waals surface area (Å²) in [4.78, 5) is 13.6. The SMILES string of the molecule is Cc1nc(CN2CCN(Cc3ccccn3)CC2)co1. The van der Waals surface area contributed by atoms with Crippen LogP contribution in [0.3, 0.4) is 0 Å². The summed E-state index contributed by atoms with van der Waals surface area (Å²) in [6.07, 6.45) is 3.62. The molecule has 1 aliphatic heterocycles. The topological polar surface area (TPSA) is 45.4 Å². The monoisotopic (exact) mass is 272 g/mol. The second kappa shape index (κ2) is 6.15. The Balaban J connectivity index is 1.47. The number of rotatable bonds is 4. The number of aryl methyl sites for hydroxylation is 1. The van der Waals surface area contributed by atoms with Crippen LogP contribution in [-0.2, 0) is 13.1 Å². The third-order valence-electron chi connectivity index (χ3n) is 3.63. The lowest BCUT2D eigenvalue weighted by Gasteiger charge is -2.34. The van der Waals surface area contributed by atoms with E-state index in [2.05, 4.69) is 25.8 Å². The second-order valence-corrected chi connectivity index (χ2v) is 5.23. The fourth-order valence-corrected chi connectivity index (χ4v) is 2.54. The van der Waals surface area contributed by atoms with Crippen molar-refractivity contribution >= 4 is 0 Å². The van der Waals surface area contributed by atoms with Gasteiger partial charge in [-0.2, -0.15) is 0 Å². The molecule has 1 aliphatic rings. The van der Waals surface area contributed by atoms with E-state index < -0.39 is 0 Å². The first-order valence-corrected chi connectivity index (χ1v) is 7.05. The first-order chi connectivity index (χ1) is 9.79. The molecule has 2 aromatic heterocycles. The molecule has 0 bridgehead atoms. The van der Waals surface area contributed by atoms with Gasteiger partial charge in [0.15, 0.2) is 5.89 Å². The van der Waals surface area contributed by atoms with Gasteiger partial charge in [-0.25, -0.2) is 4.98 Å². The maximum absolute atomic E-state index is 5.25. The number of pyridine rings is 1. The Morgan fingerprint density at radius 3 is 2.30 bits per heavy atom. The Labute approximate surface area is 119 Å². The zero-order chi connectivity index (χ0) is 13.8. The molecule has 0 saturated carbocycles. The maximum atomic E-state index is 5.25. The Morgan fingerprint density at radius 2 is 1.75 bits per heavy atom. The summed E-state index contributed by atoms with van der Waals surface area (Å²) < 4.78 is 5.25. The van der Waals surface area contributed by atoms with Crippen LogP contribution < -0.4 is 0 Å². The highest BCUT2D eigenvalue weighted by molar-refractivity contribution is 5.03. The summed E-state index contributed by atoms with van der Waals surface area (Å²) in [6.45, 7) is 8.00. The van der Waals surface area contributed by atoms with E-state index in [0.29, 0.717) is 0 Å². The molecule has 2 aromatic rings. The molecule has 3 rings (SSSR count). The normalized spacial score (nSPS) is 17.4. The van der Waals surface area contributed by atoms with Crippen molar-refractivity contribution in [2.45, 2.75) is 20.0 Å². The van der Waals surface area contributed by atoms with Crippen LogP contribution >= 0.6 is 0 Å². The van der Waals surface area contributed by atoms with Gasteiger partial charge >= 0.3 is 0 Å². The molecule has 0 amide bonds. The Morgan fingerprint density at radius 1 is 1.05 bits per heavy atom. The molecule has 1 fully saturated rings. The van der Waals surface area contributed by atoms with Crippen molar-refractivity contribution in [2.24, 2.45) is 0 Å². The largest absolute Gasteiger partial charge is 0.449 e. The summed E-state index contributed by atoms with van der Waals surface area (Å²) >= 11 is 0. The summed E-state index contributed by atoms with van der Waals surface area (Å²) in [6, 6.07) is 6.09. The molecule has 106 valence electrons. The van der Waals surface area contributed by atoms with Gasteiger partial charge in [-0.05, 0) is 12.1 Å². The van der Waals surface area contributed by atoms with Crippen LogP contribution in [0.1, 0.15) is 17.3 Å². The molecule has 0 unspecified atom stereocenters. The molecule has 1 saturated heterocycles. The standard InChI is InChI=1S/C15H20N4O/c1-13-17-15(12-20-13)11-19-8-6-18(7-9-19)10-14-4-2-3-5-16-14/h2-5,12H,6-11H2,1H3. The van der Waals surface area contributed by atoms with Crippen LogP contribution in [0, 0.1) is 6.92 Å². The van der Waals surface area contributed by atoms with E-state index in [-0.39, 0.29) is 0 Å². The number of nitrogens with zero attached hydrogens (tertiary/aromatic N) is 4. The van der Waals surface area contributed by atoms with E-state index in [1.165, 1.54) is 0 Å². The van der Waals surface area contributed by atoms with Crippen LogP contribution in [0.15, 0.2) is 35.1 Å². The maximum Gasteiger partial charge on any atom is 0.191 e. The van der Waals surface area contributed by atoms with E-state index >= 15 is 0 Å². The summed E-state index contributed by atoms with van der Waals surface area (Å²) in [5, 5.41) is 0. The molecule has 3 heterocycles. The van der Waals surface area contributed by atoms with E-state index in [9.17, 15) is 0 Å². The van der Waals surface area contributed by atoms with Gasteiger partial charge in [0, 0.05) is 52.4 Å². The number of aromatic nitrogens is 2. The van der Waals surface area contributed by atoms with Gasteiger partial charge < -0.3 is 4.42 Å². The zero-order valence-corrected chi connectivity index (χ0v) is 11.8. The lowest BCUT2D eigenvalue weighted by atomic mass is 10.2. The number of piperazine rings is 1. The van der Waals surface area contributed by atoms with Gasteiger partial charge in [0.25, 0.3) is 0 Å². The average molecular weight is 272 g/mol. The van der Waals surface area contributed by atoms with Crippen molar-refractivity contribution in [3.8, 4) is 0 Å².